The molecule has 1 aliphatic rings. The first-order valence-corrected chi connectivity index (χ1v) is 19.7. The quantitative estimate of drug-likeness (QED) is 0.0461. The van der Waals surface area contributed by atoms with Crippen molar-refractivity contribution in [3.05, 3.63) is 74.9 Å². The number of anilines is 5. The number of fused-ring (bicyclic) bond motifs is 1. The fourth-order valence-corrected chi connectivity index (χ4v) is 7.07. The molecule has 0 unspecified atom stereocenters. The Morgan fingerprint density at radius 3 is 1.72 bits per heavy atom. The topological polar surface area (TPSA) is 342 Å². The summed E-state index contributed by atoms with van der Waals surface area (Å²) in [5.41, 5.74) is -1.41. The van der Waals surface area contributed by atoms with Crippen LogP contribution in [0.5, 0.6) is 5.75 Å². The van der Waals surface area contributed by atoms with Crippen LogP contribution in [0.2, 0.25) is 10.3 Å². The Labute approximate surface area is 432 Å². The molecule has 1 aliphatic carbocycles. The van der Waals surface area contributed by atoms with Gasteiger partial charge in [-0.1, -0.05) is 17.7 Å². The average molecular weight is 998 g/mol. The average Bonchev–Trinajstić information content (AvgIpc) is 3.00. The fourth-order valence-electron chi connectivity index (χ4n) is 4.36. The minimum atomic E-state index is -5.38. The van der Waals surface area contributed by atoms with Crippen molar-refractivity contribution in [2.45, 2.75) is 14.7 Å². The zero-order valence-corrected chi connectivity index (χ0v) is 30.8. The summed E-state index contributed by atoms with van der Waals surface area (Å²) in [6.07, 6.45) is 0.587. The molecule has 0 fully saturated rings. The number of allylic oxidation sites excluding steroid dienone is 1. The van der Waals surface area contributed by atoms with Gasteiger partial charge in [-0.3, -0.25) is 28.4 Å². The van der Waals surface area contributed by atoms with Crippen molar-refractivity contribution in [1.82, 2.24) is 15.0 Å². The maximum atomic E-state index is 13.9. The minimum absolute atomic E-state index is 0. The standard InChI is InChI=1S/C25H17Cl2N7O14S4.Cu.4Na.4H/c26-15-7-14(51(43,44)45)9-17(21(15)35)33-34-20-18(52(46,47)48)5-10-4-13(50(40,41)42)8-16(19(10)22(20)36)29-25-31-23(27)30-24(32-25)28-11-2-1-3-12(6-11)49(37,38)39;;;;;;;;;/h1-9,33,35H,(H,37,38,39)(H,40,41,42)(H,43,44,45)(H,46,47,48)(H2,28,29,30,31,32);;;;;;;;;. The van der Waals surface area contributed by atoms with E-state index < -0.39 is 116 Å². The maximum absolute atomic E-state index is 13.9. The number of nitrogens with one attached hydrogen (secondary N) is 3. The second kappa shape index (κ2) is 21.7. The molecule has 57 heavy (non-hydrogen) atoms. The Hall–Kier alpha value is -0.311. The first kappa shape index (κ1) is 56.7. The third kappa shape index (κ3) is 14.1. The molecule has 1 aromatic heterocycles. The SMILES string of the molecule is O=C1C(=NNc2cc(S(=O)(=O)O)cc(Cl)c2O)C(S(=O)(=O)O)=Cc2cc(S(=O)(=O)O)cc(Nc3nc(Cl)nc(Nc4cccc(S(=O)(=O)O)c4)n3)c21.[Cu].[NaH].[NaH].[NaH].[NaH]. The Morgan fingerprint density at radius 1 is 0.649 bits per heavy atom. The summed E-state index contributed by atoms with van der Waals surface area (Å²) in [7, 11) is -20.0. The number of hydrogen-bond donors (Lipinski definition) is 8. The van der Waals surface area contributed by atoms with E-state index in [0.717, 1.165) is 12.1 Å². The van der Waals surface area contributed by atoms with Crippen LogP contribution < -0.4 is 16.1 Å². The van der Waals surface area contributed by atoms with E-state index >= 15 is 0 Å². The van der Waals surface area contributed by atoms with E-state index in [-0.39, 0.29) is 147 Å². The number of Topliss-reactive ketones (excluding diaryl/α,β-unsaturated/α-hetero) is 1. The summed E-state index contributed by atoms with van der Waals surface area (Å²) in [6.45, 7) is 0. The van der Waals surface area contributed by atoms with Crippen LogP contribution in [0.4, 0.5) is 29.0 Å². The van der Waals surface area contributed by atoms with Gasteiger partial charge in [0, 0.05) is 22.8 Å². The van der Waals surface area contributed by atoms with E-state index in [1.54, 1.807) is 0 Å². The van der Waals surface area contributed by atoms with Gasteiger partial charge in [0.05, 0.1) is 31.0 Å². The summed E-state index contributed by atoms with van der Waals surface area (Å²) in [5, 5.41) is 17.8. The summed E-state index contributed by atoms with van der Waals surface area (Å²) >= 11 is 11.8. The fraction of sp³-hybridized carbons (Fsp3) is 0. The van der Waals surface area contributed by atoms with Crippen molar-refractivity contribution in [2.75, 3.05) is 16.1 Å². The molecule has 0 atom stereocenters. The van der Waals surface area contributed by atoms with Crippen LogP contribution in [-0.4, -0.2) is 202 Å². The Kier molecular flexibility index (Phi) is 21.5. The van der Waals surface area contributed by atoms with E-state index in [1.807, 2.05) is 5.43 Å². The number of rotatable bonds is 10. The predicted octanol–water partition coefficient (Wildman–Crippen LogP) is 0.408. The number of hydrazone groups is 1. The molecule has 32 heteroatoms. The van der Waals surface area contributed by atoms with Crippen molar-refractivity contribution < 1.29 is 78.9 Å². The summed E-state index contributed by atoms with van der Waals surface area (Å²) in [5.74, 6) is -3.15. The normalized spacial score (nSPS) is 13.2. The number of aromatic hydroxyl groups is 1. The predicted molar refractivity (Wildman–Crippen MR) is 210 cm³/mol. The van der Waals surface area contributed by atoms with Crippen LogP contribution in [0.1, 0.15) is 15.9 Å². The third-order valence-electron chi connectivity index (χ3n) is 6.55. The first-order valence-electron chi connectivity index (χ1n) is 13.2. The molecular formula is C25H21Cl2CuN7Na4O14S4. The summed E-state index contributed by atoms with van der Waals surface area (Å²) < 4.78 is 134. The van der Waals surface area contributed by atoms with Gasteiger partial charge in [0.2, 0.25) is 23.0 Å². The zero-order chi connectivity index (χ0) is 38.6. The number of benzene rings is 3. The van der Waals surface area contributed by atoms with Crippen LogP contribution in [0.3, 0.4) is 0 Å². The van der Waals surface area contributed by atoms with E-state index in [4.69, 9.17) is 23.2 Å². The number of halogens is 2. The van der Waals surface area contributed by atoms with Crippen LogP contribution in [-0.2, 0) is 57.5 Å². The number of phenols is 1. The number of hydrogen-bond acceptors (Lipinski definition) is 17. The van der Waals surface area contributed by atoms with Crippen LogP contribution in [0, 0.1) is 0 Å². The molecule has 1 radical (unpaired) electrons. The van der Waals surface area contributed by atoms with Crippen molar-refractivity contribution in [3.63, 3.8) is 0 Å². The second-order valence-corrected chi connectivity index (χ2v) is 16.5. The number of carbonyl (C=O) groups excluding carboxylic acids is 1. The summed E-state index contributed by atoms with van der Waals surface area (Å²) in [4.78, 5) is 22.0. The van der Waals surface area contributed by atoms with Crippen LogP contribution in [0.25, 0.3) is 6.08 Å². The molecule has 293 valence electrons. The molecule has 0 aliphatic heterocycles. The molecule has 8 N–H and O–H groups in total. The van der Waals surface area contributed by atoms with Gasteiger partial charge in [0.25, 0.3) is 40.5 Å². The van der Waals surface area contributed by atoms with Gasteiger partial charge >= 0.3 is 118 Å². The van der Waals surface area contributed by atoms with Gasteiger partial charge in [-0.15, -0.1) is 0 Å². The van der Waals surface area contributed by atoms with E-state index in [9.17, 15) is 61.8 Å². The molecule has 5 rings (SSSR count). The molecular weight excluding hydrogens is 977 g/mol. The van der Waals surface area contributed by atoms with Crippen LogP contribution in [0.15, 0.2) is 73.2 Å². The number of aromatic nitrogens is 3. The van der Waals surface area contributed by atoms with Gasteiger partial charge in [-0.2, -0.15) is 53.7 Å². The Bertz CT molecular complexity index is 2750. The molecule has 4 aromatic rings. The molecule has 1 heterocycles. The van der Waals surface area contributed by atoms with Crippen LogP contribution >= 0.6 is 23.2 Å². The first-order chi connectivity index (χ1) is 23.9. The van der Waals surface area contributed by atoms with Crippen molar-refractivity contribution >= 4 is 228 Å². The molecule has 0 saturated heterocycles. The third-order valence-corrected chi connectivity index (χ3v) is 10.4. The van der Waals surface area contributed by atoms with Gasteiger partial charge in [0.15, 0.2) is 11.5 Å². The van der Waals surface area contributed by atoms with Crippen molar-refractivity contribution in [2.24, 2.45) is 5.10 Å². The number of carbonyl (C=O) groups is 1. The molecule has 3 aromatic carbocycles. The monoisotopic (exact) mass is 996 g/mol. The van der Waals surface area contributed by atoms with Crippen molar-refractivity contribution in [3.8, 4) is 5.75 Å². The molecule has 0 spiro atoms. The zero-order valence-electron chi connectivity index (χ0n) is 25.1. The van der Waals surface area contributed by atoms with E-state index in [0.29, 0.717) is 30.3 Å². The number of phenolic OH excluding ortho intramolecular Hbond substituents is 1. The molecule has 0 bridgehead atoms. The van der Waals surface area contributed by atoms with Gasteiger partial charge in [-0.25, -0.2) is 0 Å². The number of nitrogens with zero attached hydrogens (tertiary/aromatic N) is 4. The molecule has 21 nitrogen and oxygen atoms in total. The Balaban J connectivity index is 0.00000627. The van der Waals surface area contributed by atoms with Gasteiger partial charge < -0.3 is 15.7 Å². The van der Waals surface area contributed by atoms with E-state index in [2.05, 4.69) is 30.7 Å². The van der Waals surface area contributed by atoms with Crippen molar-refractivity contribution in [1.29, 1.82) is 0 Å². The Morgan fingerprint density at radius 2 is 1.18 bits per heavy atom. The summed E-state index contributed by atoms with van der Waals surface area (Å²) in [6, 6.07) is 7.33. The second-order valence-electron chi connectivity index (χ2n) is 10.1. The molecule has 0 amide bonds. The van der Waals surface area contributed by atoms with Gasteiger partial charge in [0.1, 0.15) is 10.6 Å². The molecule has 0 saturated carbocycles. The van der Waals surface area contributed by atoms with Gasteiger partial charge in [-0.05, 0) is 65.7 Å². The number of ketones is 1. The van der Waals surface area contributed by atoms with E-state index in [1.165, 1.54) is 12.1 Å².